The van der Waals surface area contributed by atoms with Crippen LogP contribution < -0.4 is 19.7 Å². The van der Waals surface area contributed by atoms with E-state index in [1.165, 1.54) is 6.08 Å². The van der Waals surface area contributed by atoms with Crippen molar-refractivity contribution in [2.24, 2.45) is 0 Å². The topological polar surface area (TPSA) is 84.9 Å². The van der Waals surface area contributed by atoms with Crippen molar-refractivity contribution >= 4 is 91.3 Å². The van der Waals surface area contributed by atoms with Gasteiger partial charge in [-0.3, -0.25) is 14.9 Å². The Morgan fingerprint density at radius 2 is 1.73 bits per heavy atom. The highest BCUT2D eigenvalue weighted by molar-refractivity contribution is 14.1. The van der Waals surface area contributed by atoms with E-state index in [1.807, 2.05) is 13.0 Å². The summed E-state index contributed by atoms with van der Waals surface area (Å²) in [5.74, 6) is -0.576. The van der Waals surface area contributed by atoms with Crippen LogP contribution in [0.5, 0.6) is 11.5 Å². The number of hydrogen-bond acceptors (Lipinski definition) is 5. The van der Waals surface area contributed by atoms with Gasteiger partial charge in [-0.15, -0.1) is 0 Å². The Bertz CT molecular complexity index is 1430. The van der Waals surface area contributed by atoms with E-state index in [9.17, 15) is 14.4 Å². The minimum absolute atomic E-state index is 0.190. The molecule has 0 saturated carbocycles. The highest BCUT2D eigenvalue weighted by atomic mass is 127. The number of hydrogen-bond donors (Lipinski definition) is 1. The molecule has 37 heavy (non-hydrogen) atoms. The average Bonchev–Trinajstić information content (AvgIpc) is 2.84. The largest absolute Gasteiger partial charge is 0.490 e. The molecule has 1 aliphatic heterocycles. The second-order valence-corrected chi connectivity index (χ2v) is 10.6. The summed E-state index contributed by atoms with van der Waals surface area (Å²) in [6.45, 7) is 2.42. The number of imide groups is 2. The van der Waals surface area contributed by atoms with Gasteiger partial charge in [-0.1, -0.05) is 45.2 Å². The second-order valence-electron chi connectivity index (χ2n) is 7.73. The molecule has 0 bridgehead atoms. The van der Waals surface area contributed by atoms with Gasteiger partial charge >= 0.3 is 6.03 Å². The summed E-state index contributed by atoms with van der Waals surface area (Å²) in [7, 11) is 0. The number of carbonyl (C=O) groups excluding carboxylic acids is 3. The molecule has 4 rings (SSSR count). The first-order valence-electron chi connectivity index (χ1n) is 10.9. The number of anilines is 1. The molecule has 1 saturated heterocycles. The van der Waals surface area contributed by atoms with Gasteiger partial charge < -0.3 is 9.47 Å². The van der Waals surface area contributed by atoms with Gasteiger partial charge in [-0.2, -0.15) is 0 Å². The highest BCUT2D eigenvalue weighted by Gasteiger charge is 2.36. The van der Waals surface area contributed by atoms with Crippen LogP contribution in [0.4, 0.5) is 10.5 Å². The van der Waals surface area contributed by atoms with Crippen LogP contribution in [-0.4, -0.2) is 24.5 Å². The monoisotopic (exact) mass is 714 g/mol. The fourth-order valence-electron chi connectivity index (χ4n) is 3.51. The maximum Gasteiger partial charge on any atom is 0.335 e. The molecule has 1 N–H and O–H groups in total. The van der Waals surface area contributed by atoms with Gasteiger partial charge in [0.15, 0.2) is 11.5 Å². The first-order chi connectivity index (χ1) is 17.7. The molecule has 0 aliphatic carbocycles. The van der Waals surface area contributed by atoms with Crippen molar-refractivity contribution in [1.82, 2.24) is 5.32 Å². The van der Waals surface area contributed by atoms with Crippen LogP contribution in [0, 0.1) is 3.57 Å². The molecule has 0 radical (unpaired) electrons. The summed E-state index contributed by atoms with van der Waals surface area (Å²) in [5.41, 5.74) is 1.49. The van der Waals surface area contributed by atoms with Crippen molar-refractivity contribution in [1.29, 1.82) is 0 Å². The second kappa shape index (κ2) is 11.8. The lowest BCUT2D eigenvalue weighted by molar-refractivity contribution is -0.122. The van der Waals surface area contributed by atoms with E-state index < -0.39 is 17.8 Å². The minimum Gasteiger partial charge on any atom is -0.490 e. The molecule has 0 aromatic heterocycles. The molecule has 11 heteroatoms. The molecule has 3 aromatic carbocycles. The quantitative estimate of drug-likeness (QED) is 0.162. The number of nitrogens with one attached hydrogen (secondary N) is 1. The van der Waals surface area contributed by atoms with Crippen LogP contribution >= 0.6 is 61.7 Å². The summed E-state index contributed by atoms with van der Waals surface area (Å²) in [6.07, 6.45) is 1.42. The van der Waals surface area contributed by atoms with Crippen molar-refractivity contribution in [2.45, 2.75) is 13.5 Å². The van der Waals surface area contributed by atoms with E-state index in [2.05, 4.69) is 43.8 Å². The van der Waals surface area contributed by atoms with E-state index in [4.69, 9.17) is 32.7 Å². The fraction of sp³-hybridized carbons (Fsp3) is 0.115. The number of nitrogens with zero attached hydrogens (tertiary/aromatic N) is 1. The van der Waals surface area contributed by atoms with E-state index >= 15 is 0 Å². The molecule has 4 amide bonds. The third-order valence-electron chi connectivity index (χ3n) is 5.20. The van der Waals surface area contributed by atoms with E-state index in [0.717, 1.165) is 14.9 Å². The third-order valence-corrected chi connectivity index (χ3v) is 7.27. The van der Waals surface area contributed by atoms with Gasteiger partial charge in [0, 0.05) is 4.47 Å². The maximum atomic E-state index is 13.2. The van der Waals surface area contributed by atoms with Crippen LogP contribution in [0.3, 0.4) is 0 Å². The molecule has 0 spiro atoms. The van der Waals surface area contributed by atoms with Gasteiger partial charge in [0.05, 0.1) is 25.9 Å². The molecular formula is C26H18BrCl2IN2O5. The summed E-state index contributed by atoms with van der Waals surface area (Å²) in [4.78, 5) is 39.2. The van der Waals surface area contributed by atoms with Crippen molar-refractivity contribution in [3.05, 3.63) is 89.4 Å². The Kier molecular flexibility index (Phi) is 8.79. The van der Waals surface area contributed by atoms with E-state index in [-0.39, 0.29) is 12.2 Å². The number of ether oxygens (including phenoxy) is 2. The van der Waals surface area contributed by atoms with E-state index in [1.54, 1.807) is 48.5 Å². The Morgan fingerprint density at radius 1 is 1.00 bits per heavy atom. The lowest BCUT2D eigenvalue weighted by Crippen LogP contribution is -2.54. The number of amides is 4. The van der Waals surface area contributed by atoms with Crippen molar-refractivity contribution in [3.63, 3.8) is 0 Å². The molecular weight excluding hydrogens is 698 g/mol. The molecule has 0 atom stereocenters. The molecule has 1 heterocycles. The average molecular weight is 716 g/mol. The Labute approximate surface area is 245 Å². The lowest BCUT2D eigenvalue weighted by atomic mass is 10.1. The predicted octanol–water partition coefficient (Wildman–Crippen LogP) is 7.00. The minimum atomic E-state index is -0.815. The Morgan fingerprint density at radius 3 is 2.41 bits per heavy atom. The number of barbiturate groups is 1. The van der Waals surface area contributed by atoms with Gasteiger partial charge in [0.1, 0.15) is 12.2 Å². The summed E-state index contributed by atoms with van der Waals surface area (Å²) < 4.78 is 13.3. The Hall–Kier alpha value is -2.60. The van der Waals surface area contributed by atoms with Gasteiger partial charge in [-0.05, 0) is 95.2 Å². The summed E-state index contributed by atoms with van der Waals surface area (Å²) >= 11 is 17.5. The van der Waals surface area contributed by atoms with Crippen LogP contribution in [0.15, 0.2) is 64.6 Å². The molecule has 1 fully saturated rings. The smallest absolute Gasteiger partial charge is 0.335 e. The number of urea groups is 1. The number of rotatable bonds is 7. The fourth-order valence-corrected chi connectivity index (χ4v) is 4.87. The first kappa shape index (κ1) is 27.4. The first-order valence-corrected chi connectivity index (χ1v) is 13.5. The van der Waals surface area contributed by atoms with Crippen molar-refractivity contribution in [2.75, 3.05) is 11.5 Å². The zero-order valence-corrected chi connectivity index (χ0v) is 24.4. The maximum absolute atomic E-state index is 13.2. The predicted molar refractivity (Wildman–Crippen MR) is 154 cm³/mol. The van der Waals surface area contributed by atoms with Crippen LogP contribution in [-0.2, 0) is 16.2 Å². The molecule has 0 unspecified atom stereocenters. The Balaban J connectivity index is 1.65. The molecule has 7 nitrogen and oxygen atoms in total. The number of carbonyl (C=O) groups is 3. The zero-order valence-electron chi connectivity index (χ0n) is 19.2. The molecule has 3 aromatic rings. The van der Waals surface area contributed by atoms with Gasteiger partial charge in [-0.25, -0.2) is 9.69 Å². The SMILES string of the molecule is CCOc1cc(/C=C2\C(=O)NC(=O)N(c3ccc(Br)cc3)C2=O)cc(I)c1OCc1ccc(Cl)c(Cl)c1. The van der Waals surface area contributed by atoms with Crippen LogP contribution in [0.25, 0.3) is 6.08 Å². The summed E-state index contributed by atoms with van der Waals surface area (Å²) in [6, 6.07) is 14.4. The lowest BCUT2D eigenvalue weighted by Gasteiger charge is -2.26. The van der Waals surface area contributed by atoms with Crippen molar-refractivity contribution in [3.8, 4) is 11.5 Å². The van der Waals surface area contributed by atoms with Crippen LogP contribution in [0.2, 0.25) is 10.0 Å². The van der Waals surface area contributed by atoms with Gasteiger partial charge in [0.2, 0.25) is 0 Å². The summed E-state index contributed by atoms with van der Waals surface area (Å²) in [5, 5.41) is 3.10. The highest BCUT2D eigenvalue weighted by Crippen LogP contribution is 2.36. The van der Waals surface area contributed by atoms with E-state index in [0.29, 0.717) is 43.0 Å². The zero-order chi connectivity index (χ0) is 26.7. The standard InChI is InChI=1S/C26H18BrCl2IN2O5/c1-2-36-22-12-15(11-21(30)23(22)37-13-14-3-8-19(28)20(29)10-14)9-18-24(33)31-26(35)32(25(18)34)17-6-4-16(27)5-7-17/h3-12H,2,13H2,1H3,(H,31,33,35)/b18-9+. The normalized spacial score (nSPS) is 14.7. The third kappa shape index (κ3) is 6.28. The molecule has 190 valence electrons. The number of halogens is 4. The van der Waals surface area contributed by atoms with Crippen LogP contribution in [0.1, 0.15) is 18.1 Å². The van der Waals surface area contributed by atoms with Gasteiger partial charge in [0.25, 0.3) is 11.8 Å². The number of benzene rings is 3. The molecule has 1 aliphatic rings. The van der Waals surface area contributed by atoms with Crippen molar-refractivity contribution < 1.29 is 23.9 Å².